The lowest BCUT2D eigenvalue weighted by Crippen LogP contribution is -2.44. The van der Waals surface area contributed by atoms with Crippen molar-refractivity contribution in [3.05, 3.63) is 0 Å². The first-order chi connectivity index (χ1) is 7.33. The van der Waals surface area contributed by atoms with Crippen LogP contribution in [0.3, 0.4) is 0 Å². The van der Waals surface area contributed by atoms with Gasteiger partial charge in [0.05, 0.1) is 11.1 Å². The average molecular weight is 244 g/mol. The number of rotatable bonds is 4. The number of nitrogens with one attached hydrogen (secondary N) is 1. The van der Waals surface area contributed by atoms with E-state index in [1.165, 1.54) is 0 Å². The fraction of sp³-hybridized carbons (Fsp3) is 0.818. The molecule has 5 heteroatoms. The van der Waals surface area contributed by atoms with Crippen molar-refractivity contribution in [1.82, 2.24) is 5.32 Å². The van der Waals surface area contributed by atoms with Crippen LogP contribution in [0.25, 0.3) is 0 Å². The number of carbonyl (C=O) groups excluding carboxylic acids is 1. The van der Waals surface area contributed by atoms with E-state index in [-0.39, 0.29) is 23.5 Å². The van der Waals surface area contributed by atoms with Crippen LogP contribution in [0.2, 0.25) is 0 Å². The SMILES string of the molecule is CC1CCC(C(=O)NCC(C)(C)C(N)=S)O1. The van der Waals surface area contributed by atoms with Crippen LogP contribution in [0, 0.1) is 5.41 Å². The minimum absolute atomic E-state index is 0.0614. The van der Waals surface area contributed by atoms with Gasteiger partial charge in [-0.2, -0.15) is 0 Å². The zero-order chi connectivity index (χ0) is 12.3. The molecule has 3 N–H and O–H groups in total. The van der Waals surface area contributed by atoms with E-state index < -0.39 is 0 Å². The van der Waals surface area contributed by atoms with Gasteiger partial charge in [0, 0.05) is 12.0 Å². The molecule has 0 spiro atoms. The van der Waals surface area contributed by atoms with Crippen molar-refractivity contribution in [3.8, 4) is 0 Å². The van der Waals surface area contributed by atoms with Crippen molar-refractivity contribution in [3.63, 3.8) is 0 Å². The molecule has 0 aromatic heterocycles. The Morgan fingerprint density at radius 3 is 2.62 bits per heavy atom. The zero-order valence-corrected chi connectivity index (χ0v) is 10.9. The number of ether oxygens (including phenoxy) is 1. The van der Waals surface area contributed by atoms with Gasteiger partial charge in [0.15, 0.2) is 0 Å². The van der Waals surface area contributed by atoms with Crippen LogP contribution in [0.5, 0.6) is 0 Å². The van der Waals surface area contributed by atoms with E-state index in [0.717, 1.165) is 12.8 Å². The van der Waals surface area contributed by atoms with Crippen LogP contribution < -0.4 is 11.1 Å². The molecule has 1 fully saturated rings. The van der Waals surface area contributed by atoms with Gasteiger partial charge < -0.3 is 15.8 Å². The standard InChI is InChI=1S/C11H20N2O2S/c1-7-4-5-8(15-7)9(14)13-6-11(2,3)10(12)16/h7-8H,4-6H2,1-3H3,(H2,12,16)(H,13,14). The molecule has 0 aliphatic carbocycles. The molecule has 0 aromatic rings. The highest BCUT2D eigenvalue weighted by atomic mass is 32.1. The van der Waals surface area contributed by atoms with Crippen molar-refractivity contribution in [2.45, 2.75) is 45.8 Å². The Balaban J connectivity index is 2.38. The van der Waals surface area contributed by atoms with Crippen molar-refractivity contribution in [2.24, 2.45) is 11.1 Å². The van der Waals surface area contributed by atoms with Crippen LogP contribution in [-0.2, 0) is 9.53 Å². The van der Waals surface area contributed by atoms with Crippen molar-refractivity contribution >= 4 is 23.1 Å². The predicted molar refractivity (Wildman–Crippen MR) is 67.1 cm³/mol. The van der Waals surface area contributed by atoms with E-state index in [1.807, 2.05) is 20.8 Å². The van der Waals surface area contributed by atoms with Gasteiger partial charge in [0.1, 0.15) is 6.10 Å². The first kappa shape index (κ1) is 13.4. The number of hydrogen-bond donors (Lipinski definition) is 2. The largest absolute Gasteiger partial charge is 0.393 e. The minimum Gasteiger partial charge on any atom is -0.393 e. The predicted octanol–water partition coefficient (Wildman–Crippen LogP) is 0.982. The second-order valence-electron chi connectivity index (χ2n) is 4.98. The molecule has 0 radical (unpaired) electrons. The van der Waals surface area contributed by atoms with Gasteiger partial charge in [-0.15, -0.1) is 0 Å². The van der Waals surface area contributed by atoms with Crippen LogP contribution in [0.4, 0.5) is 0 Å². The Morgan fingerprint density at radius 1 is 1.56 bits per heavy atom. The van der Waals surface area contributed by atoms with E-state index in [1.54, 1.807) is 0 Å². The summed E-state index contributed by atoms with van der Waals surface area (Å²) in [5.74, 6) is -0.0614. The maximum Gasteiger partial charge on any atom is 0.249 e. The molecule has 0 bridgehead atoms. The number of hydrogen-bond acceptors (Lipinski definition) is 3. The fourth-order valence-electron chi connectivity index (χ4n) is 1.50. The molecule has 1 saturated heterocycles. The molecule has 1 amide bonds. The first-order valence-corrected chi connectivity index (χ1v) is 5.97. The lowest BCUT2D eigenvalue weighted by atomic mass is 9.93. The van der Waals surface area contributed by atoms with Gasteiger partial charge in [-0.25, -0.2) is 0 Å². The minimum atomic E-state index is -0.352. The second-order valence-corrected chi connectivity index (χ2v) is 5.42. The molecule has 92 valence electrons. The summed E-state index contributed by atoms with van der Waals surface area (Å²) in [5.41, 5.74) is 5.23. The molecule has 1 rings (SSSR count). The molecule has 1 aliphatic rings. The summed E-state index contributed by atoms with van der Waals surface area (Å²) in [6.07, 6.45) is 1.61. The van der Waals surface area contributed by atoms with Crippen LogP contribution in [0.15, 0.2) is 0 Å². The lowest BCUT2D eigenvalue weighted by molar-refractivity contribution is -0.131. The summed E-state index contributed by atoms with van der Waals surface area (Å²) in [5, 5.41) is 2.84. The van der Waals surface area contributed by atoms with Gasteiger partial charge in [-0.3, -0.25) is 4.79 Å². The molecule has 2 atom stereocenters. The quantitative estimate of drug-likeness (QED) is 0.724. The summed E-state index contributed by atoms with van der Waals surface area (Å²) in [4.78, 5) is 12.2. The van der Waals surface area contributed by atoms with Gasteiger partial charge in [0.25, 0.3) is 0 Å². The van der Waals surface area contributed by atoms with E-state index in [4.69, 9.17) is 22.7 Å². The highest BCUT2D eigenvalue weighted by Gasteiger charge is 2.30. The van der Waals surface area contributed by atoms with E-state index in [2.05, 4.69) is 5.32 Å². The summed E-state index contributed by atoms with van der Waals surface area (Å²) < 4.78 is 5.47. The maximum absolute atomic E-state index is 11.7. The Hall–Kier alpha value is -0.680. The van der Waals surface area contributed by atoms with E-state index >= 15 is 0 Å². The molecule has 1 heterocycles. The van der Waals surface area contributed by atoms with Crippen molar-refractivity contribution < 1.29 is 9.53 Å². The average Bonchev–Trinajstić information content (AvgIpc) is 2.61. The van der Waals surface area contributed by atoms with E-state index in [9.17, 15) is 4.79 Å². The van der Waals surface area contributed by atoms with Gasteiger partial charge >= 0.3 is 0 Å². The van der Waals surface area contributed by atoms with Crippen molar-refractivity contribution in [1.29, 1.82) is 0 Å². The number of amides is 1. The molecule has 0 aromatic carbocycles. The molecule has 0 saturated carbocycles. The zero-order valence-electron chi connectivity index (χ0n) is 10.1. The highest BCUT2D eigenvalue weighted by molar-refractivity contribution is 7.80. The van der Waals surface area contributed by atoms with Crippen LogP contribution >= 0.6 is 12.2 Å². The Morgan fingerprint density at radius 2 is 2.19 bits per heavy atom. The summed E-state index contributed by atoms with van der Waals surface area (Å²) >= 11 is 4.93. The Kier molecular flexibility index (Phi) is 4.27. The van der Waals surface area contributed by atoms with Crippen LogP contribution in [0.1, 0.15) is 33.6 Å². The highest BCUT2D eigenvalue weighted by Crippen LogP contribution is 2.20. The molecular formula is C11H20N2O2S. The lowest BCUT2D eigenvalue weighted by Gasteiger charge is -2.24. The topological polar surface area (TPSA) is 64.4 Å². The van der Waals surface area contributed by atoms with Gasteiger partial charge in [-0.05, 0) is 19.8 Å². The third-order valence-electron chi connectivity index (χ3n) is 2.90. The Bertz CT molecular complexity index is 292. The summed E-state index contributed by atoms with van der Waals surface area (Å²) in [6, 6.07) is 0. The smallest absolute Gasteiger partial charge is 0.249 e. The fourth-order valence-corrected chi connectivity index (χ4v) is 1.58. The third kappa shape index (κ3) is 3.42. The summed E-state index contributed by atoms with van der Waals surface area (Å²) in [7, 11) is 0. The Labute approximate surface area is 102 Å². The second kappa shape index (κ2) is 5.10. The number of thiocarbonyl (C=S) groups is 1. The molecular weight excluding hydrogens is 224 g/mol. The molecule has 4 nitrogen and oxygen atoms in total. The van der Waals surface area contributed by atoms with Gasteiger partial charge in [0.2, 0.25) is 5.91 Å². The molecule has 2 unspecified atom stereocenters. The van der Waals surface area contributed by atoms with E-state index in [0.29, 0.717) is 11.5 Å². The van der Waals surface area contributed by atoms with Gasteiger partial charge in [-0.1, -0.05) is 26.1 Å². The monoisotopic (exact) mass is 244 g/mol. The number of carbonyl (C=O) groups is 1. The van der Waals surface area contributed by atoms with Crippen LogP contribution in [-0.4, -0.2) is 29.6 Å². The molecule has 1 aliphatic heterocycles. The maximum atomic E-state index is 11.7. The summed E-state index contributed by atoms with van der Waals surface area (Å²) in [6.45, 7) is 6.25. The normalized spacial score (nSPS) is 25.4. The third-order valence-corrected chi connectivity index (χ3v) is 3.45. The van der Waals surface area contributed by atoms with Crippen molar-refractivity contribution in [2.75, 3.05) is 6.54 Å². The molecule has 16 heavy (non-hydrogen) atoms. The number of nitrogens with two attached hydrogens (primary N) is 1. The first-order valence-electron chi connectivity index (χ1n) is 5.56.